The zero-order valence-corrected chi connectivity index (χ0v) is 12.5. The summed E-state index contributed by atoms with van der Waals surface area (Å²) in [5.74, 6) is 0.788. The zero-order chi connectivity index (χ0) is 13.8. The van der Waals surface area contributed by atoms with Crippen molar-refractivity contribution < 1.29 is 4.74 Å². The number of ether oxygens (including phenoxy) is 1. The predicted octanol–water partition coefficient (Wildman–Crippen LogP) is 1.58. The van der Waals surface area contributed by atoms with Crippen molar-refractivity contribution in [1.82, 2.24) is 19.8 Å². The summed E-state index contributed by atoms with van der Waals surface area (Å²) in [7, 11) is 5.90. The summed E-state index contributed by atoms with van der Waals surface area (Å²) in [5, 5.41) is 0.484. The first-order valence-electron chi connectivity index (χ1n) is 6.51. The average molecular weight is 285 g/mol. The molecule has 0 amide bonds. The van der Waals surface area contributed by atoms with Crippen LogP contribution >= 0.6 is 11.6 Å². The molecule has 5 nitrogen and oxygen atoms in total. The van der Waals surface area contributed by atoms with E-state index in [4.69, 9.17) is 16.3 Å². The van der Waals surface area contributed by atoms with Crippen LogP contribution < -0.4 is 0 Å². The molecule has 0 bridgehead atoms. The lowest BCUT2D eigenvalue weighted by Gasteiger charge is -2.26. The predicted molar refractivity (Wildman–Crippen MR) is 75.2 cm³/mol. The Morgan fingerprint density at radius 1 is 1.37 bits per heavy atom. The summed E-state index contributed by atoms with van der Waals surface area (Å²) in [5.41, 5.74) is 0.831. The van der Waals surface area contributed by atoms with Gasteiger partial charge >= 0.3 is 0 Å². The Kier molecular flexibility index (Phi) is 5.10. The molecule has 19 heavy (non-hydrogen) atoms. The van der Waals surface area contributed by atoms with Crippen LogP contribution in [0.3, 0.4) is 0 Å². The number of halogens is 1. The van der Waals surface area contributed by atoms with E-state index in [0.29, 0.717) is 11.8 Å². The van der Waals surface area contributed by atoms with Gasteiger partial charge in [-0.1, -0.05) is 11.6 Å². The fourth-order valence-corrected chi connectivity index (χ4v) is 2.62. The monoisotopic (exact) mass is 284 g/mol. The van der Waals surface area contributed by atoms with Crippen LogP contribution in [0.25, 0.3) is 0 Å². The van der Waals surface area contributed by atoms with Gasteiger partial charge < -0.3 is 9.64 Å². The van der Waals surface area contributed by atoms with Crippen LogP contribution in [-0.4, -0.2) is 60.6 Å². The first kappa shape index (κ1) is 14.7. The number of nitrogens with zero attached hydrogens (tertiary/aromatic N) is 4. The van der Waals surface area contributed by atoms with Crippen molar-refractivity contribution in [3.63, 3.8) is 0 Å². The number of hydrogen-bond acceptors (Lipinski definition) is 5. The third-order valence-electron chi connectivity index (χ3n) is 3.42. The Balaban J connectivity index is 2.27. The first-order chi connectivity index (χ1) is 9.10. The molecular formula is C13H21ClN4O. The second kappa shape index (κ2) is 6.61. The van der Waals surface area contributed by atoms with Crippen molar-refractivity contribution in [3.8, 4) is 0 Å². The van der Waals surface area contributed by atoms with Crippen LogP contribution in [0, 0.1) is 0 Å². The number of hydrogen-bond donors (Lipinski definition) is 0. The summed E-state index contributed by atoms with van der Waals surface area (Å²) in [4.78, 5) is 13.6. The molecule has 0 saturated carbocycles. The molecule has 0 N–H and O–H groups in total. The molecule has 1 saturated heterocycles. The van der Waals surface area contributed by atoms with E-state index in [1.54, 1.807) is 13.2 Å². The van der Waals surface area contributed by atoms with Crippen LogP contribution in [0.4, 0.5) is 0 Å². The molecule has 2 rings (SSSR count). The molecule has 6 heteroatoms. The molecule has 0 radical (unpaired) electrons. The van der Waals surface area contributed by atoms with E-state index in [9.17, 15) is 0 Å². The minimum atomic E-state index is 0.182. The van der Waals surface area contributed by atoms with E-state index in [2.05, 4.69) is 33.9 Å². The highest BCUT2D eigenvalue weighted by Crippen LogP contribution is 2.22. The SMILES string of the molecule is COCc1cc(Cl)nc(C2CN(C)CCCN2C)n1. The Labute approximate surface area is 119 Å². The highest BCUT2D eigenvalue weighted by atomic mass is 35.5. The minimum Gasteiger partial charge on any atom is -0.378 e. The highest BCUT2D eigenvalue weighted by Gasteiger charge is 2.25. The van der Waals surface area contributed by atoms with Gasteiger partial charge in [-0.05, 0) is 39.7 Å². The lowest BCUT2D eigenvalue weighted by molar-refractivity contribution is 0.179. The van der Waals surface area contributed by atoms with Gasteiger partial charge in [-0.2, -0.15) is 0 Å². The van der Waals surface area contributed by atoms with E-state index >= 15 is 0 Å². The van der Waals surface area contributed by atoms with Gasteiger partial charge in [0.05, 0.1) is 18.3 Å². The molecule has 1 atom stereocenters. The van der Waals surface area contributed by atoms with Crippen LogP contribution in [0.2, 0.25) is 5.15 Å². The third kappa shape index (κ3) is 3.86. The molecule has 1 aromatic rings. The molecular weight excluding hydrogens is 264 g/mol. The summed E-state index contributed by atoms with van der Waals surface area (Å²) in [6.07, 6.45) is 1.16. The molecule has 1 fully saturated rings. The number of likely N-dealkylation sites (N-methyl/N-ethyl adjacent to an activating group) is 2. The van der Waals surface area contributed by atoms with E-state index in [-0.39, 0.29) is 6.04 Å². The third-order valence-corrected chi connectivity index (χ3v) is 3.62. The van der Waals surface area contributed by atoms with Crippen molar-refractivity contribution in [3.05, 3.63) is 22.7 Å². The summed E-state index contributed by atoms with van der Waals surface area (Å²) >= 11 is 6.09. The normalized spacial score (nSPS) is 22.4. The first-order valence-corrected chi connectivity index (χ1v) is 6.89. The Hall–Kier alpha value is -0.750. The molecule has 106 valence electrons. The van der Waals surface area contributed by atoms with E-state index < -0.39 is 0 Å². The fraction of sp³-hybridized carbons (Fsp3) is 0.692. The maximum absolute atomic E-state index is 6.09. The topological polar surface area (TPSA) is 41.5 Å². The smallest absolute Gasteiger partial charge is 0.148 e. The molecule has 0 aromatic carbocycles. The summed E-state index contributed by atoms with van der Waals surface area (Å²) in [6, 6.07) is 1.94. The van der Waals surface area contributed by atoms with Gasteiger partial charge in [0.15, 0.2) is 0 Å². The largest absolute Gasteiger partial charge is 0.378 e. The van der Waals surface area contributed by atoms with Crippen LogP contribution in [0.15, 0.2) is 6.07 Å². The minimum absolute atomic E-state index is 0.182. The number of methoxy groups -OCH3 is 1. The van der Waals surface area contributed by atoms with Crippen molar-refractivity contribution in [2.24, 2.45) is 0 Å². The van der Waals surface area contributed by atoms with E-state index in [1.165, 1.54) is 0 Å². The molecule has 1 unspecified atom stereocenters. The van der Waals surface area contributed by atoms with Gasteiger partial charge in [-0.3, -0.25) is 4.90 Å². The molecule has 1 aliphatic heterocycles. The van der Waals surface area contributed by atoms with Gasteiger partial charge in [-0.15, -0.1) is 0 Å². The number of aromatic nitrogens is 2. The van der Waals surface area contributed by atoms with Crippen molar-refractivity contribution in [2.75, 3.05) is 40.8 Å². The van der Waals surface area contributed by atoms with Crippen LogP contribution in [0.5, 0.6) is 0 Å². The zero-order valence-electron chi connectivity index (χ0n) is 11.8. The Morgan fingerprint density at radius 2 is 2.16 bits per heavy atom. The standard InChI is InChI=1S/C13H21ClN4O/c1-17-5-4-6-18(2)11(8-17)13-15-10(9-19-3)7-12(14)16-13/h7,11H,4-6,8-9H2,1-3H3. The molecule has 0 spiro atoms. The second-order valence-corrected chi connectivity index (χ2v) is 5.47. The molecule has 0 aliphatic carbocycles. The van der Waals surface area contributed by atoms with Crippen molar-refractivity contribution >= 4 is 11.6 Å². The van der Waals surface area contributed by atoms with Crippen LogP contribution in [-0.2, 0) is 11.3 Å². The maximum Gasteiger partial charge on any atom is 0.148 e. The lowest BCUT2D eigenvalue weighted by Crippen LogP contribution is -2.32. The van der Waals surface area contributed by atoms with Crippen LogP contribution in [0.1, 0.15) is 24.0 Å². The van der Waals surface area contributed by atoms with Gasteiger partial charge in [0.1, 0.15) is 11.0 Å². The molecule has 2 heterocycles. The van der Waals surface area contributed by atoms with E-state index in [1.807, 2.05) is 0 Å². The Bertz CT molecular complexity index is 429. The highest BCUT2D eigenvalue weighted by molar-refractivity contribution is 6.29. The summed E-state index contributed by atoms with van der Waals surface area (Å²) < 4.78 is 5.12. The van der Waals surface area contributed by atoms with Gasteiger partial charge in [0.2, 0.25) is 0 Å². The maximum atomic E-state index is 6.09. The fourth-order valence-electron chi connectivity index (χ4n) is 2.40. The van der Waals surface area contributed by atoms with Gasteiger partial charge in [-0.25, -0.2) is 9.97 Å². The lowest BCUT2D eigenvalue weighted by atomic mass is 10.2. The number of rotatable bonds is 3. The van der Waals surface area contributed by atoms with Gasteiger partial charge in [0.25, 0.3) is 0 Å². The summed E-state index contributed by atoms with van der Waals surface area (Å²) in [6.45, 7) is 3.53. The quantitative estimate of drug-likeness (QED) is 0.789. The molecule has 1 aliphatic rings. The van der Waals surface area contributed by atoms with E-state index in [0.717, 1.165) is 37.6 Å². The molecule has 1 aromatic heterocycles. The average Bonchev–Trinajstić information content (AvgIpc) is 2.51. The second-order valence-electron chi connectivity index (χ2n) is 5.09. The van der Waals surface area contributed by atoms with Gasteiger partial charge in [0, 0.05) is 13.7 Å². The van der Waals surface area contributed by atoms with Crippen molar-refractivity contribution in [2.45, 2.75) is 19.1 Å². The Morgan fingerprint density at radius 3 is 2.89 bits per heavy atom. The van der Waals surface area contributed by atoms with Crippen molar-refractivity contribution in [1.29, 1.82) is 0 Å².